The highest BCUT2D eigenvalue weighted by Gasteiger charge is 2.31. The van der Waals surface area contributed by atoms with Crippen LogP contribution in [0.25, 0.3) is 17.2 Å². The van der Waals surface area contributed by atoms with E-state index in [1.54, 1.807) is 21.3 Å². The summed E-state index contributed by atoms with van der Waals surface area (Å²) in [7, 11) is 9.01. The molecule has 1 saturated heterocycles. The summed E-state index contributed by atoms with van der Waals surface area (Å²) in [6.07, 6.45) is 3.58. The monoisotopic (exact) mass is 512 g/mol. The van der Waals surface area contributed by atoms with Crippen LogP contribution in [0.15, 0.2) is 35.9 Å². The van der Waals surface area contributed by atoms with Gasteiger partial charge in [-0.15, -0.1) is 12.4 Å². The number of hydrogen-bond donors (Lipinski definition) is 0. The molecule has 4 rings (SSSR count). The zero-order chi connectivity index (χ0) is 25.3. The fourth-order valence-corrected chi connectivity index (χ4v) is 5.13. The maximum Gasteiger partial charge on any atom is 0.227 e. The number of likely N-dealkylation sites (tertiary alicyclic amines) is 1. The van der Waals surface area contributed by atoms with Crippen molar-refractivity contribution in [2.24, 2.45) is 0 Å². The first-order chi connectivity index (χ1) is 16.8. The number of carbonyl (C=O) groups is 1. The predicted octanol–water partition coefficient (Wildman–Crippen LogP) is 5.32. The van der Waals surface area contributed by atoms with E-state index in [-0.39, 0.29) is 18.3 Å². The second-order valence-corrected chi connectivity index (χ2v) is 9.59. The van der Waals surface area contributed by atoms with E-state index < -0.39 is 0 Å². The van der Waals surface area contributed by atoms with Gasteiger partial charge in [-0.3, -0.25) is 4.79 Å². The molecule has 0 bridgehead atoms. The second-order valence-electron chi connectivity index (χ2n) is 9.59. The van der Waals surface area contributed by atoms with Crippen LogP contribution in [0.4, 0.5) is 0 Å². The molecule has 6 nitrogen and oxygen atoms in total. The number of benzene rings is 2. The number of nitrogens with zero attached hydrogens (tertiary/aromatic N) is 2. The minimum absolute atomic E-state index is 0. The summed E-state index contributed by atoms with van der Waals surface area (Å²) in [6.45, 7) is 5.84. The van der Waals surface area contributed by atoms with E-state index in [4.69, 9.17) is 14.2 Å². The predicted molar refractivity (Wildman–Crippen MR) is 148 cm³/mol. The van der Waals surface area contributed by atoms with Gasteiger partial charge in [0.1, 0.15) is 0 Å². The van der Waals surface area contributed by atoms with E-state index in [1.807, 2.05) is 17.0 Å². The van der Waals surface area contributed by atoms with Gasteiger partial charge in [0.15, 0.2) is 11.5 Å². The standard InChI is InChI=1S/C29H36N2O4.ClH/c1-18-8-9-22-23(13-20-14-26(33-5)29(35-7)27(15-20)34-6)19(2)24(25(22)12-18)16-28(32)31-11-10-21(17-31)30(3)4;/h8-9,12-15,21H,10-11,16-17H2,1-7H3;1H/b23-13-;/t21-;/m1./s1. The first kappa shape index (κ1) is 27.6. The van der Waals surface area contributed by atoms with Crippen molar-refractivity contribution in [3.63, 3.8) is 0 Å². The first-order valence-electron chi connectivity index (χ1n) is 12.0. The van der Waals surface area contributed by atoms with Crippen LogP contribution in [0.1, 0.15) is 42.0 Å². The summed E-state index contributed by atoms with van der Waals surface area (Å²) in [5.41, 5.74) is 7.79. The molecule has 194 valence electrons. The first-order valence-corrected chi connectivity index (χ1v) is 12.0. The smallest absolute Gasteiger partial charge is 0.227 e. The molecule has 1 fully saturated rings. The van der Waals surface area contributed by atoms with Crippen molar-refractivity contribution in [3.8, 4) is 17.2 Å². The minimum atomic E-state index is 0. The van der Waals surface area contributed by atoms with Crippen molar-refractivity contribution < 1.29 is 19.0 Å². The molecule has 0 aromatic heterocycles. The molecule has 2 aromatic carbocycles. The lowest BCUT2D eigenvalue weighted by atomic mass is 9.98. The number of allylic oxidation sites excluding steroid dienone is 2. The van der Waals surface area contributed by atoms with Crippen LogP contribution < -0.4 is 14.2 Å². The van der Waals surface area contributed by atoms with Crippen LogP contribution in [0.3, 0.4) is 0 Å². The van der Waals surface area contributed by atoms with Crippen molar-refractivity contribution in [1.82, 2.24) is 9.80 Å². The number of fused-ring (bicyclic) bond motifs is 1. The van der Waals surface area contributed by atoms with Crippen molar-refractivity contribution in [2.75, 3.05) is 48.5 Å². The molecule has 7 heteroatoms. The molecule has 1 aliphatic carbocycles. The van der Waals surface area contributed by atoms with E-state index in [2.05, 4.69) is 57.1 Å². The van der Waals surface area contributed by atoms with E-state index in [0.29, 0.717) is 29.7 Å². The number of likely N-dealkylation sites (N-methyl/N-ethyl adjacent to an activating group) is 1. The van der Waals surface area contributed by atoms with Gasteiger partial charge in [0.05, 0.1) is 27.8 Å². The number of methoxy groups -OCH3 is 3. The molecule has 0 radical (unpaired) electrons. The molecule has 1 atom stereocenters. The van der Waals surface area contributed by atoms with Gasteiger partial charge in [0.25, 0.3) is 0 Å². The quantitative estimate of drug-likeness (QED) is 0.502. The molecule has 2 aliphatic rings. The SMILES string of the molecule is COc1cc(/C=C2/C(C)=C(CC(=O)N3CC[C@@H](N(C)C)C3)c3cc(C)ccc32)cc(OC)c1OC.Cl. The lowest BCUT2D eigenvalue weighted by Gasteiger charge is -2.21. The summed E-state index contributed by atoms with van der Waals surface area (Å²) in [6, 6.07) is 10.8. The Kier molecular flexibility index (Phi) is 8.75. The van der Waals surface area contributed by atoms with Crippen LogP contribution in [-0.4, -0.2) is 70.3 Å². The Bertz CT molecular complexity index is 1180. The van der Waals surface area contributed by atoms with Crippen LogP contribution in [-0.2, 0) is 4.79 Å². The third-order valence-electron chi connectivity index (χ3n) is 7.22. The summed E-state index contributed by atoms with van der Waals surface area (Å²) in [5, 5.41) is 0. The molecule has 0 N–H and O–H groups in total. The van der Waals surface area contributed by atoms with Crippen LogP contribution in [0.2, 0.25) is 0 Å². The van der Waals surface area contributed by atoms with E-state index >= 15 is 0 Å². The molecule has 0 unspecified atom stereocenters. The lowest BCUT2D eigenvalue weighted by molar-refractivity contribution is -0.129. The number of amides is 1. The normalized spacial score (nSPS) is 17.9. The Morgan fingerprint density at radius 3 is 2.25 bits per heavy atom. The van der Waals surface area contributed by atoms with E-state index in [0.717, 1.165) is 52.9 Å². The molecule has 1 aliphatic heterocycles. The van der Waals surface area contributed by atoms with Crippen LogP contribution in [0.5, 0.6) is 17.2 Å². The second kappa shape index (κ2) is 11.4. The maximum absolute atomic E-state index is 13.3. The lowest BCUT2D eigenvalue weighted by Crippen LogP contribution is -2.34. The molecular formula is C29H37ClN2O4. The zero-order valence-corrected chi connectivity index (χ0v) is 23.1. The van der Waals surface area contributed by atoms with Crippen molar-refractivity contribution in [2.45, 2.75) is 32.7 Å². The summed E-state index contributed by atoms with van der Waals surface area (Å²) in [5.74, 6) is 2.00. The highest BCUT2D eigenvalue weighted by Crippen LogP contribution is 2.45. The van der Waals surface area contributed by atoms with Crippen LogP contribution in [0, 0.1) is 6.92 Å². The fraction of sp³-hybridized carbons (Fsp3) is 0.414. The summed E-state index contributed by atoms with van der Waals surface area (Å²) in [4.78, 5) is 17.5. The van der Waals surface area contributed by atoms with Gasteiger partial charge in [-0.2, -0.15) is 0 Å². The number of aryl methyl sites for hydroxylation is 1. The third-order valence-corrected chi connectivity index (χ3v) is 7.22. The zero-order valence-electron chi connectivity index (χ0n) is 22.3. The van der Waals surface area contributed by atoms with E-state index in [1.165, 1.54) is 5.56 Å². The number of carbonyl (C=O) groups excluding carboxylic acids is 1. The van der Waals surface area contributed by atoms with Gasteiger partial charge in [0.2, 0.25) is 11.7 Å². The fourth-order valence-electron chi connectivity index (χ4n) is 5.13. The molecule has 0 saturated carbocycles. The van der Waals surface area contributed by atoms with Crippen molar-refractivity contribution in [1.29, 1.82) is 0 Å². The van der Waals surface area contributed by atoms with Gasteiger partial charge < -0.3 is 24.0 Å². The number of hydrogen-bond acceptors (Lipinski definition) is 5. The molecule has 36 heavy (non-hydrogen) atoms. The molecule has 1 heterocycles. The van der Waals surface area contributed by atoms with Crippen molar-refractivity contribution >= 4 is 35.5 Å². The maximum atomic E-state index is 13.3. The molecule has 1 amide bonds. The Morgan fingerprint density at radius 1 is 1.03 bits per heavy atom. The Labute approximate surface area is 220 Å². The third kappa shape index (κ3) is 5.25. The topological polar surface area (TPSA) is 51.2 Å². The van der Waals surface area contributed by atoms with Gasteiger partial charge in [-0.05, 0) is 86.0 Å². The molecular weight excluding hydrogens is 476 g/mol. The average molecular weight is 513 g/mol. The Balaban J connectivity index is 0.00000361. The van der Waals surface area contributed by atoms with Gasteiger partial charge in [0, 0.05) is 19.1 Å². The highest BCUT2D eigenvalue weighted by molar-refractivity contribution is 6.08. The van der Waals surface area contributed by atoms with Gasteiger partial charge >= 0.3 is 0 Å². The van der Waals surface area contributed by atoms with Crippen LogP contribution >= 0.6 is 12.4 Å². The van der Waals surface area contributed by atoms with E-state index in [9.17, 15) is 4.79 Å². The summed E-state index contributed by atoms with van der Waals surface area (Å²) >= 11 is 0. The number of ether oxygens (including phenoxy) is 3. The number of halogens is 1. The summed E-state index contributed by atoms with van der Waals surface area (Å²) < 4.78 is 16.6. The Hall–Kier alpha value is -2.96. The highest BCUT2D eigenvalue weighted by atomic mass is 35.5. The Morgan fingerprint density at radius 2 is 1.69 bits per heavy atom. The molecule has 0 spiro atoms. The minimum Gasteiger partial charge on any atom is -0.493 e. The largest absolute Gasteiger partial charge is 0.493 e. The van der Waals surface area contributed by atoms with Crippen molar-refractivity contribution in [3.05, 3.63) is 58.2 Å². The van der Waals surface area contributed by atoms with Gasteiger partial charge in [-0.1, -0.05) is 23.8 Å². The van der Waals surface area contributed by atoms with Gasteiger partial charge in [-0.25, -0.2) is 0 Å². The number of rotatable bonds is 7. The average Bonchev–Trinajstić information content (AvgIpc) is 3.43. The molecule has 2 aromatic rings.